The Kier molecular flexibility index (Phi) is 5.22. The molecule has 3 rings (SSSR count). The lowest BCUT2D eigenvalue weighted by Gasteiger charge is -2.32. The number of hydrogen-bond donors (Lipinski definition) is 1. The minimum Gasteiger partial charge on any atom is -0.377 e. The topological polar surface area (TPSA) is 37.4 Å². The van der Waals surface area contributed by atoms with Crippen LogP contribution in [-0.2, 0) is 17.8 Å². The first kappa shape index (κ1) is 14.9. The van der Waals surface area contributed by atoms with Crippen molar-refractivity contribution in [2.45, 2.75) is 57.8 Å². The van der Waals surface area contributed by atoms with Crippen molar-refractivity contribution in [2.24, 2.45) is 0 Å². The summed E-state index contributed by atoms with van der Waals surface area (Å²) < 4.78 is 5.77. The molecular formula is C17H27N3O. The molecule has 2 aliphatic rings. The molecule has 1 aliphatic carbocycles. The summed E-state index contributed by atoms with van der Waals surface area (Å²) in [6, 6.07) is 7.14. The summed E-state index contributed by atoms with van der Waals surface area (Å²) in [5.74, 6) is 0. The van der Waals surface area contributed by atoms with Gasteiger partial charge in [0.15, 0.2) is 0 Å². The van der Waals surface area contributed by atoms with Crippen molar-refractivity contribution in [3.05, 3.63) is 29.6 Å². The normalized spacial score (nSPS) is 23.4. The average molecular weight is 289 g/mol. The predicted octanol–water partition coefficient (Wildman–Crippen LogP) is 2.33. The molecule has 0 radical (unpaired) electrons. The molecule has 21 heavy (non-hydrogen) atoms. The van der Waals surface area contributed by atoms with Crippen LogP contribution in [0.25, 0.3) is 0 Å². The van der Waals surface area contributed by atoms with Gasteiger partial charge in [-0.1, -0.05) is 6.07 Å². The fraction of sp³-hybridized carbons (Fsp3) is 0.706. The molecule has 1 aromatic rings. The Morgan fingerprint density at radius 1 is 1.29 bits per heavy atom. The van der Waals surface area contributed by atoms with Crippen molar-refractivity contribution < 1.29 is 4.74 Å². The van der Waals surface area contributed by atoms with Crippen LogP contribution >= 0.6 is 0 Å². The van der Waals surface area contributed by atoms with Gasteiger partial charge in [0.25, 0.3) is 0 Å². The minimum atomic E-state index is 0.406. The van der Waals surface area contributed by atoms with Crippen molar-refractivity contribution in [3.8, 4) is 0 Å². The molecule has 1 atom stereocenters. The molecule has 1 aliphatic heterocycles. The molecule has 116 valence electrons. The first-order valence-electron chi connectivity index (χ1n) is 8.35. The zero-order valence-corrected chi connectivity index (χ0v) is 13.1. The fourth-order valence-corrected chi connectivity index (χ4v) is 3.01. The number of hydrogen-bond acceptors (Lipinski definition) is 4. The van der Waals surface area contributed by atoms with Gasteiger partial charge in [-0.2, -0.15) is 0 Å². The van der Waals surface area contributed by atoms with Crippen molar-refractivity contribution in [1.82, 2.24) is 15.2 Å². The number of ether oxygens (including phenoxy) is 1. The van der Waals surface area contributed by atoms with Gasteiger partial charge in [-0.25, -0.2) is 0 Å². The Hall–Kier alpha value is -0.970. The average Bonchev–Trinajstić information content (AvgIpc) is 3.31. The quantitative estimate of drug-likeness (QED) is 0.836. The van der Waals surface area contributed by atoms with Gasteiger partial charge in [-0.15, -0.1) is 0 Å². The van der Waals surface area contributed by atoms with Crippen LogP contribution in [0.4, 0.5) is 0 Å². The zero-order chi connectivity index (χ0) is 14.5. The number of rotatable bonds is 7. The summed E-state index contributed by atoms with van der Waals surface area (Å²) in [4.78, 5) is 7.27. The largest absolute Gasteiger partial charge is 0.377 e. The Balaban J connectivity index is 1.52. The second kappa shape index (κ2) is 7.34. The summed E-state index contributed by atoms with van der Waals surface area (Å²) in [6.07, 6.45) is 5.48. The summed E-state index contributed by atoms with van der Waals surface area (Å²) in [7, 11) is 0. The second-order valence-electron chi connectivity index (χ2n) is 6.23. The van der Waals surface area contributed by atoms with Gasteiger partial charge in [0.2, 0.25) is 0 Å². The van der Waals surface area contributed by atoms with Gasteiger partial charge < -0.3 is 10.1 Å². The highest BCUT2D eigenvalue weighted by Crippen LogP contribution is 2.19. The van der Waals surface area contributed by atoms with Crippen LogP contribution in [0.2, 0.25) is 0 Å². The van der Waals surface area contributed by atoms with E-state index in [1.54, 1.807) is 0 Å². The van der Waals surface area contributed by atoms with Crippen molar-refractivity contribution >= 4 is 0 Å². The number of aromatic nitrogens is 1. The van der Waals surface area contributed by atoms with E-state index in [4.69, 9.17) is 9.72 Å². The monoisotopic (exact) mass is 289 g/mol. The minimum absolute atomic E-state index is 0.406. The molecule has 1 unspecified atom stereocenters. The van der Waals surface area contributed by atoms with Gasteiger partial charge in [0, 0.05) is 32.3 Å². The number of likely N-dealkylation sites (tertiary alicyclic amines) is 1. The first-order chi connectivity index (χ1) is 10.3. The molecule has 0 spiro atoms. The summed E-state index contributed by atoms with van der Waals surface area (Å²) >= 11 is 0. The maximum Gasteiger partial charge on any atom is 0.0702 e. The molecule has 1 saturated carbocycles. The highest BCUT2D eigenvalue weighted by atomic mass is 16.5. The number of nitrogens with one attached hydrogen (secondary N) is 1. The van der Waals surface area contributed by atoms with Crippen molar-refractivity contribution in [2.75, 3.05) is 19.7 Å². The molecule has 1 saturated heterocycles. The van der Waals surface area contributed by atoms with E-state index in [9.17, 15) is 0 Å². The van der Waals surface area contributed by atoms with Gasteiger partial charge in [0.1, 0.15) is 0 Å². The van der Waals surface area contributed by atoms with Gasteiger partial charge in [0.05, 0.1) is 17.5 Å². The third-order valence-electron chi connectivity index (χ3n) is 4.26. The third kappa shape index (κ3) is 4.77. The summed E-state index contributed by atoms with van der Waals surface area (Å²) in [5, 5.41) is 3.53. The molecule has 0 aromatic carbocycles. The van der Waals surface area contributed by atoms with E-state index < -0.39 is 0 Å². The number of pyridine rings is 1. The van der Waals surface area contributed by atoms with E-state index in [0.29, 0.717) is 6.10 Å². The highest BCUT2D eigenvalue weighted by molar-refractivity contribution is 5.11. The highest BCUT2D eigenvalue weighted by Gasteiger charge is 2.21. The Morgan fingerprint density at radius 2 is 2.14 bits per heavy atom. The smallest absolute Gasteiger partial charge is 0.0702 e. The van der Waals surface area contributed by atoms with Crippen LogP contribution in [0.5, 0.6) is 0 Å². The van der Waals surface area contributed by atoms with Gasteiger partial charge >= 0.3 is 0 Å². The van der Waals surface area contributed by atoms with E-state index in [1.165, 1.54) is 31.4 Å². The maximum absolute atomic E-state index is 5.77. The van der Waals surface area contributed by atoms with E-state index >= 15 is 0 Å². The molecular weight excluding hydrogens is 262 g/mol. The molecule has 1 aromatic heterocycles. The fourth-order valence-electron chi connectivity index (χ4n) is 3.01. The lowest BCUT2D eigenvalue weighted by atomic mass is 10.1. The number of nitrogens with zero attached hydrogens (tertiary/aromatic N) is 2. The van der Waals surface area contributed by atoms with Crippen LogP contribution in [0, 0.1) is 0 Å². The zero-order valence-electron chi connectivity index (χ0n) is 13.1. The third-order valence-corrected chi connectivity index (χ3v) is 4.26. The van der Waals surface area contributed by atoms with Gasteiger partial charge in [-0.05, 0) is 51.3 Å². The van der Waals surface area contributed by atoms with Gasteiger partial charge in [-0.3, -0.25) is 9.88 Å². The van der Waals surface area contributed by atoms with E-state index in [2.05, 4.69) is 35.3 Å². The molecule has 4 nitrogen and oxygen atoms in total. The molecule has 0 amide bonds. The molecule has 1 N–H and O–H groups in total. The molecule has 2 heterocycles. The summed E-state index contributed by atoms with van der Waals surface area (Å²) in [6.45, 7) is 6.95. The van der Waals surface area contributed by atoms with Crippen LogP contribution < -0.4 is 5.32 Å². The summed E-state index contributed by atoms with van der Waals surface area (Å²) in [5.41, 5.74) is 2.35. The van der Waals surface area contributed by atoms with Crippen LogP contribution in [-0.4, -0.2) is 41.7 Å². The van der Waals surface area contributed by atoms with Crippen LogP contribution in [0.15, 0.2) is 18.2 Å². The lowest BCUT2D eigenvalue weighted by Crippen LogP contribution is -2.39. The Morgan fingerprint density at radius 3 is 2.95 bits per heavy atom. The lowest BCUT2D eigenvalue weighted by molar-refractivity contribution is 0.00330. The van der Waals surface area contributed by atoms with E-state index in [1.807, 2.05) is 0 Å². The predicted molar refractivity (Wildman–Crippen MR) is 84.0 cm³/mol. The second-order valence-corrected chi connectivity index (χ2v) is 6.23. The first-order valence-corrected chi connectivity index (χ1v) is 8.35. The Bertz CT molecular complexity index is 445. The molecule has 4 heteroatoms. The molecule has 0 bridgehead atoms. The molecule has 2 fully saturated rings. The van der Waals surface area contributed by atoms with Crippen molar-refractivity contribution in [3.63, 3.8) is 0 Å². The van der Waals surface area contributed by atoms with E-state index in [-0.39, 0.29) is 0 Å². The maximum atomic E-state index is 5.77. The van der Waals surface area contributed by atoms with Crippen molar-refractivity contribution in [1.29, 1.82) is 0 Å². The van der Waals surface area contributed by atoms with Crippen LogP contribution in [0.3, 0.4) is 0 Å². The van der Waals surface area contributed by atoms with E-state index in [0.717, 1.165) is 44.5 Å². The standard InChI is InChI=1S/C17H27N3O/c1-2-21-17-7-4-10-20(13-17)12-16-6-3-5-15(19-16)11-18-14-8-9-14/h3,5-6,14,17-18H,2,4,7-13H2,1H3. The Labute approximate surface area is 127 Å². The van der Waals surface area contributed by atoms with Crippen LogP contribution in [0.1, 0.15) is 44.0 Å². The SMILES string of the molecule is CCOC1CCCN(Cc2cccc(CNC3CC3)n2)C1. The number of piperidine rings is 1.